The highest BCUT2D eigenvalue weighted by Gasteiger charge is 2.20. The molecular weight excluding hydrogens is 286 g/mol. The van der Waals surface area contributed by atoms with Crippen molar-refractivity contribution in [2.45, 2.75) is 23.8 Å². The number of hydrogen-bond acceptors (Lipinski definition) is 5. The van der Waals surface area contributed by atoms with Crippen LogP contribution in [-0.2, 0) is 14.8 Å². The number of ether oxygens (including phenoxy) is 1. The second-order valence-corrected chi connectivity index (χ2v) is 6.44. The van der Waals surface area contributed by atoms with Crippen LogP contribution in [-0.4, -0.2) is 37.6 Å². The Morgan fingerprint density at radius 1 is 1.58 bits per heavy atom. The van der Waals surface area contributed by atoms with E-state index in [-0.39, 0.29) is 22.5 Å². The summed E-state index contributed by atoms with van der Waals surface area (Å²) < 4.78 is 31.9. The van der Waals surface area contributed by atoms with Crippen molar-refractivity contribution >= 4 is 27.2 Å². The highest BCUT2D eigenvalue weighted by Crippen LogP contribution is 2.13. The Labute approximate surface area is 117 Å². The van der Waals surface area contributed by atoms with Gasteiger partial charge in [0.15, 0.2) is 0 Å². The summed E-state index contributed by atoms with van der Waals surface area (Å²) in [5.74, 6) is 0. The first-order chi connectivity index (χ1) is 8.99. The zero-order valence-corrected chi connectivity index (χ0v) is 11.8. The number of thiocarbonyl (C=S) groups is 1. The first-order valence-corrected chi connectivity index (χ1v) is 7.75. The maximum absolute atomic E-state index is 12.0. The maximum Gasteiger partial charge on any atom is 0.242 e. The van der Waals surface area contributed by atoms with Crippen LogP contribution in [0.25, 0.3) is 0 Å². The molecule has 0 bridgehead atoms. The lowest BCUT2D eigenvalue weighted by Crippen LogP contribution is -2.32. The minimum absolute atomic E-state index is 0.0429. The fraction of sp³-hybridized carbons (Fsp3) is 0.455. The summed E-state index contributed by atoms with van der Waals surface area (Å²) in [6.07, 6.45) is 3.04. The molecule has 0 radical (unpaired) electrons. The Hall–Kier alpha value is -1.09. The van der Waals surface area contributed by atoms with E-state index in [1.807, 2.05) is 0 Å². The van der Waals surface area contributed by atoms with Gasteiger partial charge in [0.2, 0.25) is 10.0 Å². The van der Waals surface area contributed by atoms with Gasteiger partial charge < -0.3 is 10.5 Å². The molecule has 19 heavy (non-hydrogen) atoms. The molecule has 1 unspecified atom stereocenters. The van der Waals surface area contributed by atoms with Crippen LogP contribution in [0.4, 0.5) is 0 Å². The van der Waals surface area contributed by atoms with Crippen molar-refractivity contribution < 1.29 is 13.2 Å². The van der Waals surface area contributed by atoms with Gasteiger partial charge in [0.05, 0.1) is 11.8 Å². The Kier molecular flexibility index (Phi) is 4.46. The zero-order chi connectivity index (χ0) is 13.9. The predicted molar refractivity (Wildman–Crippen MR) is 74.3 cm³/mol. The van der Waals surface area contributed by atoms with Gasteiger partial charge in [-0.05, 0) is 25.0 Å². The fourth-order valence-electron chi connectivity index (χ4n) is 1.78. The molecule has 0 aliphatic carbocycles. The molecule has 1 aromatic rings. The third kappa shape index (κ3) is 3.69. The monoisotopic (exact) mass is 301 g/mol. The van der Waals surface area contributed by atoms with E-state index in [1.54, 1.807) is 0 Å². The molecule has 1 saturated heterocycles. The first kappa shape index (κ1) is 14.3. The average molecular weight is 301 g/mol. The van der Waals surface area contributed by atoms with Crippen LogP contribution >= 0.6 is 12.2 Å². The van der Waals surface area contributed by atoms with Crippen molar-refractivity contribution in [1.29, 1.82) is 0 Å². The minimum atomic E-state index is -3.57. The molecule has 0 spiro atoms. The van der Waals surface area contributed by atoms with Crippen LogP contribution in [0, 0.1) is 0 Å². The second kappa shape index (κ2) is 5.91. The Morgan fingerprint density at radius 3 is 2.89 bits per heavy atom. The van der Waals surface area contributed by atoms with E-state index < -0.39 is 10.0 Å². The SMILES string of the molecule is NC(=S)c1ccc(S(=O)(=O)NCC2CCCO2)cn1. The average Bonchev–Trinajstić information content (AvgIpc) is 2.90. The molecule has 1 fully saturated rings. The number of pyridine rings is 1. The predicted octanol–water partition coefficient (Wildman–Crippen LogP) is 0.173. The number of nitrogens with zero attached hydrogens (tertiary/aromatic N) is 1. The minimum Gasteiger partial charge on any atom is -0.388 e. The van der Waals surface area contributed by atoms with E-state index in [1.165, 1.54) is 18.3 Å². The lowest BCUT2D eigenvalue weighted by Gasteiger charge is -2.11. The van der Waals surface area contributed by atoms with Gasteiger partial charge in [-0.25, -0.2) is 13.1 Å². The van der Waals surface area contributed by atoms with Crippen molar-refractivity contribution in [3.05, 3.63) is 24.0 Å². The molecular formula is C11H15N3O3S2. The van der Waals surface area contributed by atoms with Crippen molar-refractivity contribution in [3.63, 3.8) is 0 Å². The number of nitrogens with one attached hydrogen (secondary N) is 1. The molecule has 2 heterocycles. The van der Waals surface area contributed by atoms with Gasteiger partial charge in [-0.2, -0.15) is 0 Å². The molecule has 1 aliphatic heterocycles. The summed E-state index contributed by atoms with van der Waals surface area (Å²) in [4.78, 5) is 4.13. The number of hydrogen-bond donors (Lipinski definition) is 2. The van der Waals surface area contributed by atoms with E-state index in [0.717, 1.165) is 12.8 Å². The molecule has 1 aliphatic rings. The van der Waals surface area contributed by atoms with E-state index in [0.29, 0.717) is 12.3 Å². The molecule has 0 saturated carbocycles. The summed E-state index contributed by atoms with van der Waals surface area (Å²) in [5, 5.41) is 0. The van der Waals surface area contributed by atoms with E-state index >= 15 is 0 Å². The first-order valence-electron chi connectivity index (χ1n) is 5.86. The van der Waals surface area contributed by atoms with Crippen LogP contribution in [0.1, 0.15) is 18.5 Å². The quantitative estimate of drug-likeness (QED) is 0.753. The Balaban J connectivity index is 2.03. The normalized spacial score (nSPS) is 19.5. The van der Waals surface area contributed by atoms with Crippen LogP contribution in [0.2, 0.25) is 0 Å². The number of aromatic nitrogens is 1. The maximum atomic E-state index is 12.0. The van der Waals surface area contributed by atoms with Crippen LogP contribution in [0.5, 0.6) is 0 Å². The standard InChI is InChI=1S/C11H15N3O3S2/c12-11(18)10-4-3-9(7-13-10)19(15,16)14-6-8-2-1-5-17-8/h3-4,7-8,14H,1-2,5-6H2,(H2,12,18). The molecule has 6 nitrogen and oxygen atoms in total. The largest absolute Gasteiger partial charge is 0.388 e. The second-order valence-electron chi connectivity index (χ2n) is 4.23. The summed E-state index contributed by atoms with van der Waals surface area (Å²) in [7, 11) is -3.57. The highest BCUT2D eigenvalue weighted by molar-refractivity contribution is 7.89. The third-order valence-electron chi connectivity index (χ3n) is 2.82. The van der Waals surface area contributed by atoms with Gasteiger partial charge in [-0.15, -0.1) is 0 Å². The summed E-state index contributed by atoms with van der Waals surface area (Å²) >= 11 is 4.76. The lowest BCUT2D eigenvalue weighted by atomic mass is 10.2. The smallest absolute Gasteiger partial charge is 0.242 e. The van der Waals surface area contributed by atoms with Crippen molar-refractivity contribution in [2.75, 3.05) is 13.2 Å². The molecule has 104 valence electrons. The third-order valence-corrected chi connectivity index (χ3v) is 4.44. The summed E-state index contributed by atoms with van der Waals surface area (Å²) in [6, 6.07) is 2.92. The number of sulfonamides is 1. The topological polar surface area (TPSA) is 94.3 Å². The summed E-state index contributed by atoms with van der Waals surface area (Å²) in [5.41, 5.74) is 5.80. The number of rotatable bonds is 5. The molecule has 0 aromatic carbocycles. The molecule has 0 amide bonds. The number of nitrogens with two attached hydrogens (primary N) is 1. The molecule has 8 heteroatoms. The van der Waals surface area contributed by atoms with Crippen LogP contribution in [0.3, 0.4) is 0 Å². The molecule has 1 atom stereocenters. The van der Waals surface area contributed by atoms with Crippen LogP contribution in [0.15, 0.2) is 23.2 Å². The molecule has 3 N–H and O–H groups in total. The van der Waals surface area contributed by atoms with Gasteiger partial charge in [0, 0.05) is 19.3 Å². The van der Waals surface area contributed by atoms with Gasteiger partial charge in [0.25, 0.3) is 0 Å². The Morgan fingerprint density at radius 2 is 2.37 bits per heavy atom. The van der Waals surface area contributed by atoms with Gasteiger partial charge in [-0.1, -0.05) is 12.2 Å². The van der Waals surface area contributed by atoms with E-state index in [4.69, 9.17) is 22.7 Å². The molecule has 2 rings (SSSR count). The van der Waals surface area contributed by atoms with Gasteiger partial charge in [-0.3, -0.25) is 4.98 Å². The van der Waals surface area contributed by atoms with Crippen molar-refractivity contribution in [1.82, 2.24) is 9.71 Å². The van der Waals surface area contributed by atoms with E-state index in [9.17, 15) is 8.42 Å². The lowest BCUT2D eigenvalue weighted by molar-refractivity contribution is 0.114. The van der Waals surface area contributed by atoms with Crippen molar-refractivity contribution in [3.8, 4) is 0 Å². The van der Waals surface area contributed by atoms with E-state index in [2.05, 4.69) is 9.71 Å². The van der Waals surface area contributed by atoms with Crippen LogP contribution < -0.4 is 10.5 Å². The fourth-order valence-corrected chi connectivity index (χ4v) is 2.91. The van der Waals surface area contributed by atoms with Gasteiger partial charge >= 0.3 is 0 Å². The molecule has 1 aromatic heterocycles. The van der Waals surface area contributed by atoms with Gasteiger partial charge in [0.1, 0.15) is 9.88 Å². The Bertz CT molecular complexity index is 551. The zero-order valence-electron chi connectivity index (χ0n) is 10.2. The van der Waals surface area contributed by atoms with Crippen molar-refractivity contribution in [2.24, 2.45) is 5.73 Å². The summed E-state index contributed by atoms with van der Waals surface area (Å²) in [6.45, 7) is 0.968. The highest BCUT2D eigenvalue weighted by atomic mass is 32.2.